The van der Waals surface area contributed by atoms with Gasteiger partial charge in [0.1, 0.15) is 11.9 Å². The molecule has 6 nitrogen and oxygen atoms in total. The molecule has 0 unspecified atom stereocenters. The fourth-order valence-corrected chi connectivity index (χ4v) is 3.55. The van der Waals surface area contributed by atoms with E-state index in [-0.39, 0.29) is 18.6 Å². The van der Waals surface area contributed by atoms with Gasteiger partial charge in [0.2, 0.25) is 0 Å². The molecular weight excluding hydrogens is 387 g/mol. The normalized spacial score (nSPS) is 15.8. The van der Waals surface area contributed by atoms with E-state index in [2.05, 4.69) is 9.88 Å². The SMILES string of the molecule is COc1ccccc1Oc1ccc(N2CC[C@H](Oc3ncccc3F)C2)c(CO)c1. The minimum atomic E-state index is -0.468. The number of hydrogen-bond acceptors (Lipinski definition) is 6. The molecule has 0 bridgehead atoms. The predicted octanol–water partition coefficient (Wildman–Crippen LogP) is 4.17. The van der Waals surface area contributed by atoms with Crippen LogP contribution < -0.4 is 19.1 Å². The third-order valence-corrected chi connectivity index (χ3v) is 5.01. The Bertz CT molecular complexity index is 1010. The summed E-state index contributed by atoms with van der Waals surface area (Å²) in [4.78, 5) is 6.07. The smallest absolute Gasteiger partial charge is 0.250 e. The Kier molecular flexibility index (Phi) is 5.99. The average Bonchev–Trinajstić information content (AvgIpc) is 3.24. The van der Waals surface area contributed by atoms with Gasteiger partial charge in [0, 0.05) is 30.4 Å². The molecule has 1 saturated heterocycles. The van der Waals surface area contributed by atoms with Crippen molar-refractivity contribution in [1.82, 2.24) is 4.98 Å². The van der Waals surface area contributed by atoms with Crippen molar-refractivity contribution in [3.8, 4) is 23.1 Å². The first-order valence-electron chi connectivity index (χ1n) is 9.74. The van der Waals surface area contributed by atoms with Gasteiger partial charge in [-0.3, -0.25) is 0 Å². The maximum atomic E-state index is 13.8. The van der Waals surface area contributed by atoms with E-state index in [1.54, 1.807) is 7.11 Å². The number of para-hydroxylation sites is 2. The van der Waals surface area contributed by atoms with Gasteiger partial charge in [-0.25, -0.2) is 9.37 Å². The molecule has 1 aliphatic heterocycles. The van der Waals surface area contributed by atoms with Crippen molar-refractivity contribution in [2.45, 2.75) is 19.1 Å². The highest BCUT2D eigenvalue weighted by molar-refractivity contribution is 5.58. The zero-order valence-electron chi connectivity index (χ0n) is 16.6. The second-order valence-corrected chi connectivity index (χ2v) is 6.97. The van der Waals surface area contributed by atoms with E-state index >= 15 is 0 Å². The standard InChI is InChI=1S/C23H23FN2O4/c1-28-21-6-2-3-7-22(21)29-17-8-9-20(16(13-17)15-27)26-12-10-18(14-26)30-23-19(24)5-4-11-25-23/h2-9,11,13,18,27H,10,12,14-15H2,1H3/t18-/m0/s1. The number of aliphatic hydroxyl groups excluding tert-OH is 1. The number of anilines is 1. The molecule has 4 rings (SSSR count). The van der Waals surface area contributed by atoms with Crippen LogP contribution in [0.15, 0.2) is 60.8 Å². The second kappa shape index (κ2) is 9.00. The van der Waals surface area contributed by atoms with E-state index in [0.29, 0.717) is 23.8 Å². The molecule has 0 amide bonds. The fraction of sp³-hybridized carbons (Fsp3) is 0.261. The van der Waals surface area contributed by atoms with E-state index in [1.165, 1.54) is 18.3 Å². The highest BCUT2D eigenvalue weighted by Gasteiger charge is 2.27. The molecule has 30 heavy (non-hydrogen) atoms. The Morgan fingerprint density at radius 1 is 1.13 bits per heavy atom. The fourth-order valence-electron chi connectivity index (χ4n) is 3.55. The first-order chi connectivity index (χ1) is 14.7. The molecule has 2 heterocycles. The molecule has 1 aliphatic rings. The van der Waals surface area contributed by atoms with Crippen LogP contribution in [-0.2, 0) is 6.61 Å². The number of benzene rings is 2. The Morgan fingerprint density at radius 2 is 1.97 bits per heavy atom. The number of halogens is 1. The summed E-state index contributed by atoms with van der Waals surface area (Å²) in [5.74, 6) is 1.39. The summed E-state index contributed by atoms with van der Waals surface area (Å²) in [5, 5.41) is 9.91. The minimum absolute atomic E-state index is 0.0206. The van der Waals surface area contributed by atoms with Gasteiger partial charge < -0.3 is 24.2 Å². The zero-order valence-corrected chi connectivity index (χ0v) is 16.6. The molecule has 1 fully saturated rings. The minimum Gasteiger partial charge on any atom is -0.493 e. The quantitative estimate of drug-likeness (QED) is 0.631. The summed E-state index contributed by atoms with van der Waals surface area (Å²) in [6.07, 6.45) is 2.07. The van der Waals surface area contributed by atoms with Crippen LogP contribution in [0.3, 0.4) is 0 Å². The van der Waals surface area contributed by atoms with Gasteiger partial charge >= 0.3 is 0 Å². The van der Waals surface area contributed by atoms with Crippen LogP contribution in [0.5, 0.6) is 23.1 Å². The van der Waals surface area contributed by atoms with Gasteiger partial charge in [0.05, 0.1) is 20.3 Å². The lowest BCUT2D eigenvalue weighted by Gasteiger charge is -2.22. The van der Waals surface area contributed by atoms with E-state index in [9.17, 15) is 9.50 Å². The van der Waals surface area contributed by atoms with Crippen LogP contribution in [0.2, 0.25) is 0 Å². The van der Waals surface area contributed by atoms with Crippen LogP contribution in [0.4, 0.5) is 10.1 Å². The number of methoxy groups -OCH3 is 1. The highest BCUT2D eigenvalue weighted by Crippen LogP contribution is 2.34. The highest BCUT2D eigenvalue weighted by atomic mass is 19.1. The molecule has 1 N–H and O–H groups in total. The van der Waals surface area contributed by atoms with E-state index in [4.69, 9.17) is 14.2 Å². The van der Waals surface area contributed by atoms with Gasteiger partial charge in [-0.2, -0.15) is 0 Å². The van der Waals surface area contributed by atoms with Crippen molar-refractivity contribution in [3.05, 3.63) is 72.2 Å². The molecule has 1 atom stereocenters. The van der Waals surface area contributed by atoms with E-state index in [0.717, 1.165) is 24.2 Å². The molecule has 0 aliphatic carbocycles. The van der Waals surface area contributed by atoms with Crippen molar-refractivity contribution in [2.75, 3.05) is 25.1 Å². The molecule has 156 valence electrons. The maximum absolute atomic E-state index is 13.8. The van der Waals surface area contributed by atoms with Crippen LogP contribution in [0, 0.1) is 5.82 Å². The third kappa shape index (κ3) is 4.31. The lowest BCUT2D eigenvalue weighted by molar-refractivity contribution is 0.205. The van der Waals surface area contributed by atoms with Gasteiger partial charge in [-0.15, -0.1) is 0 Å². The molecule has 1 aromatic heterocycles. The molecule has 0 saturated carbocycles. The molecular formula is C23H23FN2O4. The van der Waals surface area contributed by atoms with Crippen LogP contribution >= 0.6 is 0 Å². The van der Waals surface area contributed by atoms with Crippen molar-refractivity contribution >= 4 is 5.69 Å². The topological polar surface area (TPSA) is 64.1 Å². The summed E-state index contributed by atoms with van der Waals surface area (Å²) in [5.41, 5.74) is 1.64. The number of ether oxygens (including phenoxy) is 3. The number of nitrogens with zero attached hydrogens (tertiary/aromatic N) is 2. The molecule has 7 heteroatoms. The van der Waals surface area contributed by atoms with Crippen molar-refractivity contribution < 1.29 is 23.7 Å². The van der Waals surface area contributed by atoms with Gasteiger partial charge in [0.25, 0.3) is 5.88 Å². The van der Waals surface area contributed by atoms with Crippen molar-refractivity contribution in [3.63, 3.8) is 0 Å². The zero-order chi connectivity index (χ0) is 20.9. The predicted molar refractivity (Wildman–Crippen MR) is 111 cm³/mol. The Hall–Kier alpha value is -3.32. The van der Waals surface area contributed by atoms with Crippen LogP contribution in [-0.4, -0.2) is 36.4 Å². The Morgan fingerprint density at radius 3 is 2.73 bits per heavy atom. The van der Waals surface area contributed by atoms with E-state index in [1.807, 2.05) is 42.5 Å². The Balaban J connectivity index is 1.47. The van der Waals surface area contributed by atoms with Gasteiger partial charge in [-0.1, -0.05) is 12.1 Å². The monoisotopic (exact) mass is 410 g/mol. The molecule has 0 radical (unpaired) electrons. The average molecular weight is 410 g/mol. The van der Waals surface area contributed by atoms with E-state index < -0.39 is 5.82 Å². The largest absolute Gasteiger partial charge is 0.493 e. The lowest BCUT2D eigenvalue weighted by Crippen LogP contribution is -2.25. The summed E-state index contributed by atoms with van der Waals surface area (Å²) in [6, 6.07) is 15.8. The lowest BCUT2D eigenvalue weighted by atomic mass is 10.1. The Labute approximate surface area is 174 Å². The second-order valence-electron chi connectivity index (χ2n) is 6.97. The first-order valence-corrected chi connectivity index (χ1v) is 9.74. The number of pyridine rings is 1. The number of aromatic nitrogens is 1. The van der Waals surface area contributed by atoms with Crippen molar-refractivity contribution in [1.29, 1.82) is 0 Å². The molecule has 0 spiro atoms. The van der Waals surface area contributed by atoms with Crippen LogP contribution in [0.25, 0.3) is 0 Å². The summed E-state index contributed by atoms with van der Waals surface area (Å²) < 4.78 is 30.8. The van der Waals surface area contributed by atoms with Crippen molar-refractivity contribution in [2.24, 2.45) is 0 Å². The maximum Gasteiger partial charge on any atom is 0.250 e. The summed E-state index contributed by atoms with van der Waals surface area (Å²) in [7, 11) is 1.59. The molecule has 3 aromatic rings. The number of aliphatic hydroxyl groups is 1. The summed E-state index contributed by atoms with van der Waals surface area (Å²) in [6.45, 7) is 1.18. The van der Waals surface area contributed by atoms with Gasteiger partial charge in [0.15, 0.2) is 17.3 Å². The molecule has 2 aromatic carbocycles. The number of rotatable bonds is 7. The van der Waals surface area contributed by atoms with Gasteiger partial charge in [-0.05, 0) is 42.5 Å². The summed E-state index contributed by atoms with van der Waals surface area (Å²) >= 11 is 0. The van der Waals surface area contributed by atoms with Crippen LogP contribution in [0.1, 0.15) is 12.0 Å². The number of hydrogen-bond donors (Lipinski definition) is 1. The first kappa shape index (κ1) is 20.0. The third-order valence-electron chi connectivity index (χ3n) is 5.01.